The van der Waals surface area contributed by atoms with E-state index >= 15 is 0 Å². The SMILES string of the molecule is Br.OCCCn1c(-c2ccc3ccccc3c2)csc1=Nc1cccc(Cl)c1. The first-order valence-corrected chi connectivity index (χ1v) is 10.1. The molecule has 0 bridgehead atoms. The molecular weight excluding hydrogens is 456 g/mol. The largest absolute Gasteiger partial charge is 0.396 e. The number of benzene rings is 3. The van der Waals surface area contributed by atoms with Crippen molar-refractivity contribution in [1.82, 2.24) is 4.57 Å². The zero-order chi connectivity index (χ0) is 18.6. The molecule has 3 nitrogen and oxygen atoms in total. The van der Waals surface area contributed by atoms with Crippen LogP contribution in [-0.4, -0.2) is 16.3 Å². The molecule has 1 N–H and O–H groups in total. The topological polar surface area (TPSA) is 37.5 Å². The van der Waals surface area contributed by atoms with Crippen LogP contribution in [0.1, 0.15) is 6.42 Å². The fourth-order valence-electron chi connectivity index (χ4n) is 3.10. The van der Waals surface area contributed by atoms with E-state index in [4.69, 9.17) is 16.6 Å². The molecule has 28 heavy (non-hydrogen) atoms. The number of thiazole rings is 1. The predicted molar refractivity (Wildman–Crippen MR) is 124 cm³/mol. The minimum atomic E-state index is 0. The molecule has 0 aliphatic rings. The van der Waals surface area contributed by atoms with Crippen LogP contribution in [0.2, 0.25) is 5.02 Å². The van der Waals surface area contributed by atoms with Crippen LogP contribution in [-0.2, 0) is 6.54 Å². The van der Waals surface area contributed by atoms with Crippen LogP contribution in [0.25, 0.3) is 22.0 Å². The van der Waals surface area contributed by atoms with Crippen LogP contribution < -0.4 is 4.80 Å². The molecule has 144 valence electrons. The Balaban J connectivity index is 0.00000225. The van der Waals surface area contributed by atoms with Gasteiger partial charge in [0.2, 0.25) is 0 Å². The van der Waals surface area contributed by atoms with Gasteiger partial charge in [-0.05, 0) is 47.0 Å². The molecule has 0 fully saturated rings. The van der Waals surface area contributed by atoms with E-state index in [9.17, 15) is 5.11 Å². The van der Waals surface area contributed by atoms with Crippen molar-refractivity contribution in [3.05, 3.63) is 81.9 Å². The van der Waals surface area contributed by atoms with Gasteiger partial charge in [0.05, 0.1) is 11.4 Å². The second-order valence-electron chi connectivity index (χ2n) is 6.29. The Bertz CT molecular complexity index is 1150. The van der Waals surface area contributed by atoms with Gasteiger partial charge in [-0.15, -0.1) is 28.3 Å². The Morgan fingerprint density at radius 1 is 0.964 bits per heavy atom. The summed E-state index contributed by atoms with van der Waals surface area (Å²) in [5, 5.41) is 14.6. The Labute approximate surface area is 183 Å². The lowest BCUT2D eigenvalue weighted by Crippen LogP contribution is -2.16. The highest BCUT2D eigenvalue weighted by Gasteiger charge is 2.09. The van der Waals surface area contributed by atoms with Gasteiger partial charge in [-0.2, -0.15) is 0 Å². The molecule has 0 radical (unpaired) electrons. The van der Waals surface area contributed by atoms with E-state index < -0.39 is 0 Å². The summed E-state index contributed by atoms with van der Waals surface area (Å²) in [4.78, 5) is 5.68. The molecular formula is C22H20BrClN2OS. The summed E-state index contributed by atoms with van der Waals surface area (Å²) in [5.74, 6) is 0. The molecule has 0 aliphatic heterocycles. The molecule has 0 atom stereocenters. The van der Waals surface area contributed by atoms with Crippen LogP contribution in [0.5, 0.6) is 0 Å². The van der Waals surface area contributed by atoms with Gasteiger partial charge in [-0.25, -0.2) is 4.99 Å². The monoisotopic (exact) mass is 474 g/mol. The van der Waals surface area contributed by atoms with Gasteiger partial charge in [0.25, 0.3) is 0 Å². The summed E-state index contributed by atoms with van der Waals surface area (Å²) in [6, 6.07) is 22.4. The number of fused-ring (bicyclic) bond motifs is 1. The maximum Gasteiger partial charge on any atom is 0.190 e. The van der Waals surface area contributed by atoms with Crippen molar-refractivity contribution in [1.29, 1.82) is 0 Å². The maximum atomic E-state index is 9.33. The van der Waals surface area contributed by atoms with Crippen molar-refractivity contribution in [2.75, 3.05) is 6.61 Å². The molecule has 3 aromatic carbocycles. The van der Waals surface area contributed by atoms with E-state index in [1.807, 2.05) is 24.3 Å². The molecule has 6 heteroatoms. The molecule has 4 rings (SSSR count). The Morgan fingerprint density at radius 2 is 1.79 bits per heavy atom. The minimum Gasteiger partial charge on any atom is -0.396 e. The van der Waals surface area contributed by atoms with Crippen LogP contribution in [0.4, 0.5) is 5.69 Å². The van der Waals surface area contributed by atoms with Gasteiger partial charge in [-0.1, -0.05) is 54.1 Å². The van der Waals surface area contributed by atoms with Crippen LogP contribution >= 0.6 is 39.9 Å². The van der Waals surface area contributed by atoms with Crippen molar-refractivity contribution in [3.8, 4) is 11.3 Å². The quantitative estimate of drug-likeness (QED) is 0.366. The number of aliphatic hydroxyl groups is 1. The summed E-state index contributed by atoms with van der Waals surface area (Å²) in [6.07, 6.45) is 0.681. The maximum absolute atomic E-state index is 9.33. The zero-order valence-electron chi connectivity index (χ0n) is 15.1. The Morgan fingerprint density at radius 3 is 2.57 bits per heavy atom. The highest BCUT2D eigenvalue weighted by atomic mass is 79.9. The lowest BCUT2D eigenvalue weighted by molar-refractivity contribution is 0.279. The third kappa shape index (κ3) is 4.55. The lowest BCUT2D eigenvalue weighted by Gasteiger charge is -2.09. The molecule has 0 aliphatic carbocycles. The van der Waals surface area contributed by atoms with Crippen molar-refractivity contribution in [2.24, 2.45) is 4.99 Å². The van der Waals surface area contributed by atoms with Crippen LogP contribution in [0.15, 0.2) is 77.1 Å². The number of rotatable bonds is 5. The summed E-state index contributed by atoms with van der Waals surface area (Å²) in [7, 11) is 0. The Hall–Kier alpha value is -1.92. The van der Waals surface area contributed by atoms with Crippen molar-refractivity contribution >= 4 is 56.4 Å². The number of hydrogen-bond donors (Lipinski definition) is 1. The molecule has 0 unspecified atom stereocenters. The van der Waals surface area contributed by atoms with E-state index in [2.05, 4.69) is 52.4 Å². The number of aliphatic hydroxyl groups excluding tert-OH is 1. The zero-order valence-corrected chi connectivity index (χ0v) is 18.4. The van der Waals surface area contributed by atoms with Gasteiger partial charge in [0.1, 0.15) is 0 Å². The van der Waals surface area contributed by atoms with E-state index in [0.717, 1.165) is 21.7 Å². The summed E-state index contributed by atoms with van der Waals surface area (Å²) >= 11 is 7.69. The normalized spacial score (nSPS) is 11.6. The average molecular weight is 476 g/mol. The van der Waals surface area contributed by atoms with E-state index in [-0.39, 0.29) is 23.6 Å². The van der Waals surface area contributed by atoms with Gasteiger partial charge >= 0.3 is 0 Å². The van der Waals surface area contributed by atoms with Gasteiger partial charge in [0, 0.05) is 23.6 Å². The standard InChI is InChI=1S/C22H19ClN2OS.BrH/c23-19-7-3-8-20(14-19)24-22-25(11-4-12-26)21(15-27-22)18-10-9-16-5-1-2-6-17(16)13-18;/h1-3,5-10,13-15,26H,4,11-12H2;1H. The summed E-state index contributed by atoms with van der Waals surface area (Å²) in [5.41, 5.74) is 3.09. The van der Waals surface area contributed by atoms with Crippen LogP contribution in [0.3, 0.4) is 0 Å². The first kappa shape index (κ1) is 20.8. The number of hydrogen-bond acceptors (Lipinski definition) is 3. The molecule has 0 spiro atoms. The highest BCUT2D eigenvalue weighted by Crippen LogP contribution is 2.26. The van der Waals surface area contributed by atoms with E-state index in [1.54, 1.807) is 11.3 Å². The van der Waals surface area contributed by atoms with Gasteiger partial charge in [0.15, 0.2) is 4.80 Å². The first-order valence-electron chi connectivity index (χ1n) is 8.83. The molecule has 1 heterocycles. The smallest absolute Gasteiger partial charge is 0.190 e. The molecule has 4 aromatic rings. The van der Waals surface area contributed by atoms with E-state index in [0.29, 0.717) is 18.0 Å². The second kappa shape index (κ2) is 9.52. The fourth-order valence-corrected chi connectivity index (χ4v) is 4.24. The average Bonchev–Trinajstić information content (AvgIpc) is 3.08. The minimum absolute atomic E-state index is 0. The van der Waals surface area contributed by atoms with Crippen molar-refractivity contribution < 1.29 is 5.11 Å². The number of halogens is 2. The molecule has 0 amide bonds. The van der Waals surface area contributed by atoms with Crippen molar-refractivity contribution in [3.63, 3.8) is 0 Å². The third-order valence-corrected chi connectivity index (χ3v) is 5.51. The Kier molecular flexibility index (Phi) is 7.08. The number of nitrogens with zero attached hydrogens (tertiary/aromatic N) is 2. The van der Waals surface area contributed by atoms with Crippen molar-refractivity contribution in [2.45, 2.75) is 13.0 Å². The first-order chi connectivity index (χ1) is 13.2. The fraction of sp³-hybridized carbons (Fsp3) is 0.136. The lowest BCUT2D eigenvalue weighted by atomic mass is 10.1. The number of aromatic nitrogens is 1. The second-order valence-corrected chi connectivity index (χ2v) is 7.56. The molecule has 0 saturated heterocycles. The van der Waals surface area contributed by atoms with E-state index in [1.165, 1.54) is 10.8 Å². The predicted octanol–water partition coefficient (Wildman–Crippen LogP) is 6.22. The van der Waals surface area contributed by atoms with Gasteiger partial charge in [-0.3, -0.25) is 0 Å². The van der Waals surface area contributed by atoms with Crippen LogP contribution in [0, 0.1) is 0 Å². The summed E-state index contributed by atoms with van der Waals surface area (Å²) < 4.78 is 2.17. The molecule has 1 aromatic heterocycles. The van der Waals surface area contributed by atoms with Gasteiger partial charge < -0.3 is 9.67 Å². The summed E-state index contributed by atoms with van der Waals surface area (Å²) in [6.45, 7) is 0.859. The third-order valence-electron chi connectivity index (χ3n) is 4.42. The highest BCUT2D eigenvalue weighted by molar-refractivity contribution is 8.93. The molecule has 0 saturated carbocycles.